The van der Waals surface area contributed by atoms with Gasteiger partial charge in [0, 0.05) is 31.6 Å². The van der Waals surface area contributed by atoms with Gasteiger partial charge >= 0.3 is 0 Å². The van der Waals surface area contributed by atoms with E-state index < -0.39 is 0 Å². The zero-order valence-electron chi connectivity index (χ0n) is 12.0. The molecule has 2 heterocycles. The highest BCUT2D eigenvalue weighted by Gasteiger charge is 2.23. The number of methoxy groups -OCH3 is 2. The van der Waals surface area contributed by atoms with Gasteiger partial charge < -0.3 is 25.1 Å². The number of carbonyl (C=O) groups excluding carboxylic acids is 1. The number of piperazine rings is 1. The van der Waals surface area contributed by atoms with Gasteiger partial charge in [0.25, 0.3) is 0 Å². The molecule has 1 unspecified atom stereocenters. The summed E-state index contributed by atoms with van der Waals surface area (Å²) < 4.78 is 10.5. The summed E-state index contributed by atoms with van der Waals surface area (Å²) in [5, 5.41) is 6.02. The molecule has 3 N–H and O–H groups in total. The molecule has 1 aromatic carbocycles. The molecule has 112 valence electrons. The maximum atomic E-state index is 11.8. The van der Waals surface area contributed by atoms with Crippen LogP contribution < -0.4 is 20.1 Å². The standard InChI is InChI=1S/C14H18N4O3/c1-20-11-5-8-9(6-12(11)21-2)18-13(17-8)7-10-14(19)16-4-3-15-10/h5-6,10,15H,3-4,7H2,1-2H3,(H,16,19)(H,17,18). The highest BCUT2D eigenvalue weighted by molar-refractivity contribution is 5.83. The van der Waals surface area contributed by atoms with Crippen molar-refractivity contribution in [2.45, 2.75) is 12.5 Å². The fourth-order valence-electron chi connectivity index (χ4n) is 2.49. The fraction of sp³-hybridized carbons (Fsp3) is 0.429. The minimum atomic E-state index is -0.247. The molecule has 1 aromatic heterocycles. The Kier molecular flexibility index (Phi) is 3.66. The van der Waals surface area contributed by atoms with Crippen molar-refractivity contribution in [1.82, 2.24) is 20.6 Å². The predicted molar refractivity (Wildman–Crippen MR) is 77.7 cm³/mol. The van der Waals surface area contributed by atoms with Crippen LogP contribution in [0.1, 0.15) is 5.82 Å². The summed E-state index contributed by atoms with van der Waals surface area (Å²) in [5.74, 6) is 2.05. The lowest BCUT2D eigenvalue weighted by atomic mass is 10.1. The molecule has 0 radical (unpaired) electrons. The lowest BCUT2D eigenvalue weighted by Gasteiger charge is -2.22. The average molecular weight is 290 g/mol. The molecule has 1 aliphatic heterocycles. The molecular weight excluding hydrogens is 272 g/mol. The second-order valence-corrected chi connectivity index (χ2v) is 4.91. The first-order valence-electron chi connectivity index (χ1n) is 6.83. The van der Waals surface area contributed by atoms with Crippen LogP contribution >= 0.6 is 0 Å². The smallest absolute Gasteiger partial charge is 0.237 e. The van der Waals surface area contributed by atoms with Gasteiger partial charge in [0.15, 0.2) is 11.5 Å². The van der Waals surface area contributed by atoms with E-state index in [1.807, 2.05) is 12.1 Å². The number of hydrogen-bond donors (Lipinski definition) is 3. The van der Waals surface area contributed by atoms with Gasteiger partial charge in [-0.2, -0.15) is 0 Å². The number of ether oxygens (including phenoxy) is 2. The third-order valence-corrected chi connectivity index (χ3v) is 3.57. The van der Waals surface area contributed by atoms with Crippen LogP contribution in [0.5, 0.6) is 11.5 Å². The third kappa shape index (κ3) is 2.64. The number of H-pyrrole nitrogens is 1. The average Bonchev–Trinajstić information content (AvgIpc) is 2.89. The summed E-state index contributed by atoms with van der Waals surface area (Å²) in [7, 11) is 3.19. The van der Waals surface area contributed by atoms with E-state index >= 15 is 0 Å². The van der Waals surface area contributed by atoms with E-state index in [4.69, 9.17) is 9.47 Å². The number of nitrogens with one attached hydrogen (secondary N) is 3. The second-order valence-electron chi connectivity index (χ2n) is 4.91. The molecule has 1 amide bonds. The van der Waals surface area contributed by atoms with E-state index in [0.717, 1.165) is 23.4 Å². The maximum absolute atomic E-state index is 11.8. The first kappa shape index (κ1) is 13.7. The predicted octanol–water partition coefficient (Wildman–Crippen LogP) is 0.211. The van der Waals surface area contributed by atoms with Crippen LogP contribution in [0.2, 0.25) is 0 Å². The van der Waals surface area contributed by atoms with Crippen LogP contribution in [0, 0.1) is 0 Å². The summed E-state index contributed by atoms with van der Waals surface area (Å²) in [6.07, 6.45) is 0.519. The van der Waals surface area contributed by atoms with E-state index in [1.54, 1.807) is 14.2 Å². The highest BCUT2D eigenvalue weighted by Crippen LogP contribution is 2.31. The molecule has 0 spiro atoms. The minimum Gasteiger partial charge on any atom is -0.493 e. The number of nitrogens with zero attached hydrogens (tertiary/aromatic N) is 1. The molecule has 21 heavy (non-hydrogen) atoms. The number of aromatic amines is 1. The van der Waals surface area contributed by atoms with Crippen molar-refractivity contribution < 1.29 is 14.3 Å². The van der Waals surface area contributed by atoms with Crippen molar-refractivity contribution in [3.63, 3.8) is 0 Å². The van der Waals surface area contributed by atoms with Crippen LogP contribution in [0.25, 0.3) is 11.0 Å². The van der Waals surface area contributed by atoms with Gasteiger partial charge in [-0.05, 0) is 0 Å². The second kappa shape index (κ2) is 5.61. The molecule has 1 atom stereocenters. The van der Waals surface area contributed by atoms with Crippen LogP contribution in [-0.2, 0) is 11.2 Å². The van der Waals surface area contributed by atoms with Gasteiger partial charge in [0.1, 0.15) is 5.82 Å². The molecule has 0 aliphatic carbocycles. The van der Waals surface area contributed by atoms with Crippen LogP contribution in [0.15, 0.2) is 12.1 Å². The number of carbonyl (C=O) groups is 1. The van der Waals surface area contributed by atoms with Crippen LogP contribution in [0.4, 0.5) is 0 Å². The normalized spacial score (nSPS) is 18.6. The number of amides is 1. The summed E-state index contributed by atoms with van der Waals surface area (Å²) >= 11 is 0. The Bertz CT molecular complexity index is 627. The van der Waals surface area contributed by atoms with Crippen molar-refractivity contribution in [2.24, 2.45) is 0 Å². The van der Waals surface area contributed by atoms with E-state index in [9.17, 15) is 4.79 Å². The lowest BCUT2D eigenvalue weighted by Crippen LogP contribution is -2.53. The Morgan fingerprint density at radius 3 is 2.71 bits per heavy atom. The number of rotatable bonds is 4. The van der Waals surface area contributed by atoms with E-state index in [1.165, 1.54) is 0 Å². The Labute approximate surface area is 122 Å². The van der Waals surface area contributed by atoms with Crippen molar-refractivity contribution in [3.8, 4) is 11.5 Å². The quantitative estimate of drug-likeness (QED) is 0.749. The molecule has 3 rings (SSSR count). The molecular formula is C14H18N4O3. The summed E-state index contributed by atoms with van der Waals surface area (Å²) in [6, 6.07) is 3.42. The van der Waals surface area contributed by atoms with Gasteiger partial charge in [-0.25, -0.2) is 4.98 Å². The summed E-state index contributed by atoms with van der Waals surface area (Å²) in [5.41, 5.74) is 1.65. The van der Waals surface area contributed by atoms with Gasteiger partial charge in [-0.15, -0.1) is 0 Å². The number of fused-ring (bicyclic) bond motifs is 1. The maximum Gasteiger partial charge on any atom is 0.237 e. The third-order valence-electron chi connectivity index (χ3n) is 3.57. The Hall–Kier alpha value is -2.28. The Morgan fingerprint density at radius 2 is 2.00 bits per heavy atom. The lowest BCUT2D eigenvalue weighted by molar-refractivity contribution is -0.124. The Balaban J connectivity index is 1.88. The fourth-order valence-corrected chi connectivity index (χ4v) is 2.49. The molecule has 2 aromatic rings. The van der Waals surface area contributed by atoms with Crippen molar-refractivity contribution in [1.29, 1.82) is 0 Å². The molecule has 0 bridgehead atoms. The zero-order chi connectivity index (χ0) is 14.8. The van der Waals surface area contributed by atoms with Gasteiger partial charge in [0.05, 0.1) is 31.3 Å². The SMILES string of the molecule is COc1cc2nc(CC3NCCNC3=O)[nH]c2cc1OC. The van der Waals surface area contributed by atoms with Crippen molar-refractivity contribution in [3.05, 3.63) is 18.0 Å². The molecule has 0 saturated carbocycles. The number of hydrogen-bond acceptors (Lipinski definition) is 5. The zero-order valence-corrected chi connectivity index (χ0v) is 12.0. The van der Waals surface area contributed by atoms with E-state index in [0.29, 0.717) is 24.5 Å². The molecule has 1 aliphatic rings. The summed E-state index contributed by atoms with van der Waals surface area (Å²) in [4.78, 5) is 19.5. The molecule has 7 nitrogen and oxygen atoms in total. The largest absolute Gasteiger partial charge is 0.493 e. The number of benzene rings is 1. The van der Waals surface area contributed by atoms with Crippen LogP contribution in [-0.4, -0.2) is 49.2 Å². The first-order chi connectivity index (χ1) is 10.2. The van der Waals surface area contributed by atoms with Crippen molar-refractivity contribution >= 4 is 16.9 Å². The van der Waals surface area contributed by atoms with Gasteiger partial charge in [-0.3, -0.25) is 4.79 Å². The van der Waals surface area contributed by atoms with E-state index in [2.05, 4.69) is 20.6 Å². The van der Waals surface area contributed by atoms with Crippen molar-refractivity contribution in [2.75, 3.05) is 27.3 Å². The van der Waals surface area contributed by atoms with Gasteiger partial charge in [-0.1, -0.05) is 0 Å². The molecule has 7 heteroatoms. The van der Waals surface area contributed by atoms with Crippen LogP contribution in [0.3, 0.4) is 0 Å². The van der Waals surface area contributed by atoms with Gasteiger partial charge in [0.2, 0.25) is 5.91 Å². The number of aromatic nitrogens is 2. The summed E-state index contributed by atoms with van der Waals surface area (Å²) in [6.45, 7) is 1.45. The molecule has 1 saturated heterocycles. The van der Waals surface area contributed by atoms with E-state index in [-0.39, 0.29) is 11.9 Å². The highest BCUT2D eigenvalue weighted by atomic mass is 16.5. The topological polar surface area (TPSA) is 88.3 Å². The first-order valence-corrected chi connectivity index (χ1v) is 6.83. The monoisotopic (exact) mass is 290 g/mol. The molecule has 1 fully saturated rings. The minimum absolute atomic E-state index is 0.0110. The Morgan fingerprint density at radius 1 is 1.24 bits per heavy atom. The number of imidazole rings is 1.